The Bertz CT molecular complexity index is 919. The molecular formula is C18H19NO4S. The Kier molecular flexibility index (Phi) is 4.09. The number of aromatic carboxylic acids is 1. The number of carboxylic acids is 1. The molecule has 0 bridgehead atoms. The first-order valence-corrected chi connectivity index (χ1v) is 9.21. The number of nitrogens with zero attached hydrogens (tertiary/aromatic N) is 1. The molecule has 3 rings (SSSR count). The van der Waals surface area contributed by atoms with Crippen LogP contribution in [0.25, 0.3) is 0 Å². The van der Waals surface area contributed by atoms with Crippen LogP contribution >= 0.6 is 0 Å². The summed E-state index contributed by atoms with van der Waals surface area (Å²) in [4.78, 5) is 11.2. The molecule has 0 aliphatic carbocycles. The predicted octanol–water partition coefficient (Wildman–Crippen LogP) is 3.14. The SMILES string of the molecule is Cc1ccc2c(c1)CCCN2S(=O)(=O)c1cc(C(=O)O)ccc1C. The van der Waals surface area contributed by atoms with Crippen LogP contribution in [0.2, 0.25) is 0 Å². The minimum absolute atomic E-state index is 0.0275. The summed E-state index contributed by atoms with van der Waals surface area (Å²) < 4.78 is 27.7. The summed E-state index contributed by atoms with van der Waals surface area (Å²) in [5.74, 6) is -1.14. The summed E-state index contributed by atoms with van der Waals surface area (Å²) in [6.45, 7) is 4.06. The largest absolute Gasteiger partial charge is 0.478 e. The molecule has 2 aromatic rings. The Labute approximate surface area is 141 Å². The lowest BCUT2D eigenvalue weighted by Crippen LogP contribution is -2.36. The molecule has 24 heavy (non-hydrogen) atoms. The van der Waals surface area contributed by atoms with Crippen molar-refractivity contribution in [2.75, 3.05) is 10.8 Å². The molecule has 0 radical (unpaired) electrons. The summed E-state index contributed by atoms with van der Waals surface area (Å²) in [6.07, 6.45) is 1.59. The van der Waals surface area contributed by atoms with E-state index in [1.54, 1.807) is 6.92 Å². The van der Waals surface area contributed by atoms with E-state index in [-0.39, 0.29) is 10.5 Å². The fourth-order valence-electron chi connectivity index (χ4n) is 3.07. The van der Waals surface area contributed by atoms with E-state index < -0.39 is 16.0 Å². The summed E-state index contributed by atoms with van der Waals surface area (Å²) in [5, 5.41) is 9.16. The zero-order chi connectivity index (χ0) is 17.5. The van der Waals surface area contributed by atoms with Crippen LogP contribution < -0.4 is 4.31 Å². The fourth-order valence-corrected chi connectivity index (χ4v) is 4.87. The van der Waals surface area contributed by atoms with Crippen molar-refractivity contribution in [2.24, 2.45) is 0 Å². The second kappa shape index (κ2) is 5.94. The molecule has 2 aromatic carbocycles. The Balaban J connectivity index is 2.14. The van der Waals surface area contributed by atoms with Crippen LogP contribution in [-0.2, 0) is 16.4 Å². The van der Waals surface area contributed by atoms with Gasteiger partial charge in [0.15, 0.2) is 0 Å². The molecule has 0 saturated carbocycles. The topological polar surface area (TPSA) is 74.7 Å². The molecule has 0 amide bonds. The number of carboxylic acid groups (broad SMARTS) is 1. The Morgan fingerprint density at radius 3 is 2.58 bits per heavy atom. The van der Waals surface area contributed by atoms with Gasteiger partial charge in [-0.05, 0) is 56.0 Å². The van der Waals surface area contributed by atoms with Crippen LogP contribution in [0.3, 0.4) is 0 Å². The number of aryl methyl sites for hydroxylation is 3. The molecule has 1 aliphatic rings. The van der Waals surface area contributed by atoms with Gasteiger partial charge in [-0.2, -0.15) is 0 Å². The Hall–Kier alpha value is -2.34. The highest BCUT2D eigenvalue weighted by Crippen LogP contribution is 2.33. The number of fused-ring (bicyclic) bond motifs is 1. The maximum Gasteiger partial charge on any atom is 0.335 e. The molecule has 1 aliphatic heterocycles. The van der Waals surface area contributed by atoms with Crippen molar-refractivity contribution in [1.29, 1.82) is 0 Å². The third kappa shape index (κ3) is 2.78. The van der Waals surface area contributed by atoms with Gasteiger partial charge < -0.3 is 5.11 Å². The molecular weight excluding hydrogens is 326 g/mol. The summed E-state index contributed by atoms with van der Waals surface area (Å²) in [5.41, 5.74) is 3.31. The van der Waals surface area contributed by atoms with E-state index in [1.807, 2.05) is 25.1 Å². The number of hydrogen-bond acceptors (Lipinski definition) is 3. The fraction of sp³-hybridized carbons (Fsp3) is 0.278. The normalized spacial score (nSPS) is 14.3. The Morgan fingerprint density at radius 1 is 1.12 bits per heavy atom. The van der Waals surface area contributed by atoms with Crippen molar-refractivity contribution in [2.45, 2.75) is 31.6 Å². The molecule has 0 fully saturated rings. The monoisotopic (exact) mass is 345 g/mol. The van der Waals surface area contributed by atoms with Gasteiger partial charge >= 0.3 is 5.97 Å². The number of benzene rings is 2. The van der Waals surface area contributed by atoms with Gasteiger partial charge in [0, 0.05) is 6.54 Å². The molecule has 0 aromatic heterocycles. The third-order valence-corrected chi connectivity index (χ3v) is 6.27. The maximum absolute atomic E-state index is 13.2. The lowest BCUT2D eigenvalue weighted by molar-refractivity contribution is 0.0696. The van der Waals surface area contributed by atoms with E-state index in [4.69, 9.17) is 5.11 Å². The van der Waals surface area contributed by atoms with Gasteiger partial charge in [0.25, 0.3) is 10.0 Å². The lowest BCUT2D eigenvalue weighted by Gasteiger charge is -2.31. The van der Waals surface area contributed by atoms with E-state index in [0.29, 0.717) is 17.8 Å². The van der Waals surface area contributed by atoms with Crippen LogP contribution in [0.5, 0.6) is 0 Å². The molecule has 0 atom stereocenters. The molecule has 5 nitrogen and oxygen atoms in total. The van der Waals surface area contributed by atoms with Crippen LogP contribution in [-0.4, -0.2) is 26.0 Å². The smallest absolute Gasteiger partial charge is 0.335 e. The molecule has 6 heteroatoms. The second-order valence-electron chi connectivity index (χ2n) is 6.10. The van der Waals surface area contributed by atoms with Crippen molar-refractivity contribution in [1.82, 2.24) is 0 Å². The molecule has 0 spiro atoms. The number of rotatable bonds is 3. The third-order valence-electron chi connectivity index (χ3n) is 4.31. The quantitative estimate of drug-likeness (QED) is 0.927. The van der Waals surface area contributed by atoms with E-state index >= 15 is 0 Å². The highest BCUT2D eigenvalue weighted by atomic mass is 32.2. The van der Waals surface area contributed by atoms with Crippen molar-refractivity contribution in [3.05, 3.63) is 58.7 Å². The maximum atomic E-state index is 13.2. The zero-order valence-corrected chi connectivity index (χ0v) is 14.4. The standard InChI is InChI=1S/C18H19NO4S/c1-12-5-8-16-14(10-12)4-3-9-19(16)24(22,23)17-11-15(18(20)21)7-6-13(17)2/h5-8,10-11H,3-4,9H2,1-2H3,(H,20,21). The second-order valence-corrected chi connectivity index (χ2v) is 7.93. The van der Waals surface area contributed by atoms with E-state index in [0.717, 1.165) is 24.0 Å². The first-order chi connectivity index (χ1) is 11.3. The van der Waals surface area contributed by atoms with Gasteiger partial charge in [-0.3, -0.25) is 4.31 Å². The molecule has 1 heterocycles. The predicted molar refractivity (Wildman–Crippen MR) is 92.2 cm³/mol. The van der Waals surface area contributed by atoms with Crippen LogP contribution in [0.15, 0.2) is 41.3 Å². The minimum Gasteiger partial charge on any atom is -0.478 e. The van der Waals surface area contributed by atoms with E-state index in [9.17, 15) is 13.2 Å². The summed E-state index contributed by atoms with van der Waals surface area (Å²) in [7, 11) is -3.80. The van der Waals surface area contributed by atoms with E-state index in [1.165, 1.54) is 22.5 Å². The first kappa shape index (κ1) is 16.5. The number of carbonyl (C=O) groups is 1. The average Bonchev–Trinajstić information content (AvgIpc) is 2.53. The van der Waals surface area contributed by atoms with Gasteiger partial charge in [-0.25, -0.2) is 13.2 Å². The number of sulfonamides is 1. The van der Waals surface area contributed by atoms with Crippen molar-refractivity contribution < 1.29 is 18.3 Å². The van der Waals surface area contributed by atoms with Gasteiger partial charge in [-0.1, -0.05) is 23.8 Å². The van der Waals surface area contributed by atoms with Gasteiger partial charge in [0.05, 0.1) is 16.1 Å². The molecule has 1 N–H and O–H groups in total. The first-order valence-electron chi connectivity index (χ1n) is 7.77. The molecule has 0 unspecified atom stereocenters. The van der Waals surface area contributed by atoms with Crippen LogP contribution in [0.1, 0.15) is 33.5 Å². The summed E-state index contributed by atoms with van der Waals surface area (Å²) in [6, 6.07) is 9.94. The van der Waals surface area contributed by atoms with Crippen molar-refractivity contribution >= 4 is 21.7 Å². The van der Waals surface area contributed by atoms with Gasteiger partial charge in [0.2, 0.25) is 0 Å². The van der Waals surface area contributed by atoms with Gasteiger partial charge in [0.1, 0.15) is 0 Å². The minimum atomic E-state index is -3.80. The summed E-state index contributed by atoms with van der Waals surface area (Å²) >= 11 is 0. The number of anilines is 1. The van der Waals surface area contributed by atoms with Crippen molar-refractivity contribution in [3.8, 4) is 0 Å². The molecule has 126 valence electrons. The lowest BCUT2D eigenvalue weighted by atomic mass is 10.0. The van der Waals surface area contributed by atoms with Crippen LogP contribution in [0.4, 0.5) is 5.69 Å². The zero-order valence-electron chi connectivity index (χ0n) is 13.6. The highest BCUT2D eigenvalue weighted by molar-refractivity contribution is 7.92. The highest BCUT2D eigenvalue weighted by Gasteiger charge is 2.30. The van der Waals surface area contributed by atoms with Gasteiger partial charge in [-0.15, -0.1) is 0 Å². The molecule has 0 saturated heterocycles. The Morgan fingerprint density at radius 2 is 1.88 bits per heavy atom. The van der Waals surface area contributed by atoms with Crippen molar-refractivity contribution in [3.63, 3.8) is 0 Å². The van der Waals surface area contributed by atoms with E-state index in [2.05, 4.69) is 0 Å². The number of hydrogen-bond donors (Lipinski definition) is 1. The van der Waals surface area contributed by atoms with Crippen LogP contribution in [0, 0.1) is 13.8 Å². The average molecular weight is 345 g/mol.